The van der Waals surface area contributed by atoms with Crippen LogP contribution >= 0.6 is 11.6 Å². The van der Waals surface area contributed by atoms with E-state index in [1.165, 1.54) is 7.11 Å². The first kappa shape index (κ1) is 31.6. The summed E-state index contributed by atoms with van der Waals surface area (Å²) in [5, 5.41) is 25.0. The Morgan fingerprint density at radius 1 is 1.16 bits per heavy atom. The lowest BCUT2D eigenvalue weighted by Crippen LogP contribution is -2.37. The number of phenolic OH excluding ortho intramolecular Hbond substituents is 1. The summed E-state index contributed by atoms with van der Waals surface area (Å²) in [7, 11) is 3.05. The Kier molecular flexibility index (Phi) is 12.1. The van der Waals surface area contributed by atoms with Crippen molar-refractivity contribution >= 4 is 29.3 Å². The molecule has 0 aliphatic carbocycles. The minimum absolute atomic E-state index is 0.00929. The number of rotatable bonds is 3. The molecule has 5 N–H and O–H groups in total. The van der Waals surface area contributed by atoms with Crippen LogP contribution in [-0.2, 0) is 25.4 Å². The number of carbonyl (C=O) groups is 2. The van der Waals surface area contributed by atoms with E-state index < -0.39 is 36.4 Å². The lowest BCUT2D eigenvalue weighted by atomic mass is 9.88. The van der Waals surface area contributed by atoms with E-state index in [2.05, 4.69) is 5.32 Å². The molecule has 2 bridgehead atoms. The van der Waals surface area contributed by atoms with Crippen molar-refractivity contribution in [3.05, 3.63) is 46.0 Å². The second-order valence-electron chi connectivity index (χ2n) is 10.1. The Balaban J connectivity index is 2.52. The molecule has 0 spiro atoms. The molecule has 0 radical (unpaired) electrons. The largest absolute Gasteiger partial charge is 0.505 e. The molecular formula is C28H41ClN2O7. The van der Waals surface area contributed by atoms with Crippen molar-refractivity contribution in [3.63, 3.8) is 0 Å². The number of amides is 2. The number of aromatic hydroxyl groups is 1. The predicted octanol–water partition coefficient (Wildman–Crippen LogP) is 4.73. The molecule has 2 rings (SSSR count). The van der Waals surface area contributed by atoms with Crippen LogP contribution in [0.1, 0.15) is 52.5 Å². The Hall–Kier alpha value is -2.59. The Morgan fingerprint density at radius 3 is 2.42 bits per heavy atom. The second kappa shape index (κ2) is 14.5. The van der Waals surface area contributed by atoms with E-state index in [0.29, 0.717) is 42.4 Å². The predicted molar refractivity (Wildman–Crippen MR) is 147 cm³/mol. The van der Waals surface area contributed by atoms with Crippen molar-refractivity contribution in [1.29, 1.82) is 0 Å². The number of fused-ring (bicyclic) bond motifs is 2. The maximum atomic E-state index is 12.9. The van der Waals surface area contributed by atoms with Gasteiger partial charge in [0.1, 0.15) is 11.4 Å². The number of aliphatic hydroxyl groups excluding tert-OH is 1. The maximum absolute atomic E-state index is 12.9. The van der Waals surface area contributed by atoms with Gasteiger partial charge in [-0.25, -0.2) is 4.79 Å². The van der Waals surface area contributed by atoms with Crippen molar-refractivity contribution in [2.75, 3.05) is 19.5 Å². The van der Waals surface area contributed by atoms with E-state index in [4.69, 9.17) is 31.5 Å². The van der Waals surface area contributed by atoms with Crippen molar-refractivity contribution in [2.45, 2.75) is 77.8 Å². The summed E-state index contributed by atoms with van der Waals surface area (Å²) in [5.41, 5.74) is 7.22. The highest BCUT2D eigenvalue weighted by Crippen LogP contribution is 2.37. The van der Waals surface area contributed by atoms with Crippen LogP contribution in [0.2, 0.25) is 5.02 Å². The fourth-order valence-corrected chi connectivity index (χ4v) is 5.02. The zero-order valence-corrected chi connectivity index (χ0v) is 23.7. The number of benzene rings is 1. The normalized spacial score (nSPS) is 30.9. The monoisotopic (exact) mass is 552 g/mol. The van der Waals surface area contributed by atoms with E-state index in [9.17, 15) is 19.8 Å². The van der Waals surface area contributed by atoms with Gasteiger partial charge in [0.25, 0.3) is 5.91 Å². The van der Waals surface area contributed by atoms with Crippen LogP contribution in [0.25, 0.3) is 0 Å². The van der Waals surface area contributed by atoms with Crippen LogP contribution in [0.5, 0.6) is 5.75 Å². The SMILES string of the molecule is CO[C@H]1C[C@H](C)Cc2ccc(Cl)c(c2O)NC(=O)/C(C)=C/CC[C@H](OC)[C@@H](OC(N)=O)/C(C)=C/[C@H](C)[C@H]1O. The summed E-state index contributed by atoms with van der Waals surface area (Å²) in [4.78, 5) is 24.6. The summed E-state index contributed by atoms with van der Waals surface area (Å²) in [6, 6.07) is 3.37. The number of nitrogens with two attached hydrogens (primary N) is 1. The number of phenols is 1. The molecule has 1 aliphatic heterocycles. The highest BCUT2D eigenvalue weighted by molar-refractivity contribution is 6.34. The van der Waals surface area contributed by atoms with Crippen molar-refractivity contribution in [1.82, 2.24) is 0 Å². The first-order valence-corrected chi connectivity index (χ1v) is 13.1. The minimum Gasteiger partial charge on any atom is -0.505 e. The maximum Gasteiger partial charge on any atom is 0.405 e. The molecular weight excluding hydrogens is 512 g/mol. The number of anilines is 1. The van der Waals surface area contributed by atoms with Crippen molar-refractivity contribution < 1.29 is 34.0 Å². The third-order valence-corrected chi connectivity index (χ3v) is 7.31. The van der Waals surface area contributed by atoms with E-state index in [1.807, 2.05) is 19.9 Å². The van der Waals surface area contributed by atoms with Gasteiger partial charge in [-0.05, 0) is 62.7 Å². The molecule has 0 saturated carbocycles. The van der Waals surface area contributed by atoms with Crippen LogP contribution in [-0.4, -0.2) is 60.8 Å². The Labute approximate surface area is 230 Å². The van der Waals surface area contributed by atoms with Crippen LogP contribution < -0.4 is 11.1 Å². The average Bonchev–Trinajstić information content (AvgIpc) is 2.86. The minimum atomic E-state index is -0.940. The number of nitrogens with one attached hydrogen (secondary N) is 1. The van der Waals surface area contributed by atoms with E-state index in [-0.39, 0.29) is 28.3 Å². The molecule has 9 nitrogen and oxygen atoms in total. The lowest BCUT2D eigenvalue weighted by molar-refractivity contribution is -0.112. The molecule has 2 amide bonds. The standard InChI is InChI=1S/C28H41ClN2O7/c1-15-12-19-10-11-20(29)23(25(19)33)31-27(34)16(2)8-7-9-21(36-5)26(38-28(30)35)18(4)14-17(3)24(32)22(13-15)37-6/h8,10-11,14-15,17,21-22,24,26,32-33H,7,9,12-13H2,1-6H3,(H2,30,35)(H,31,34)/b16-8+,18-14+/t15-,17+,21+,22+,24-,26+/m1/s1. The zero-order valence-electron chi connectivity index (χ0n) is 23.0. The van der Waals surface area contributed by atoms with Gasteiger partial charge in [0.05, 0.1) is 23.3 Å². The molecule has 1 aromatic carbocycles. The molecule has 0 fully saturated rings. The number of primary amides is 1. The van der Waals surface area contributed by atoms with Crippen molar-refractivity contribution in [3.8, 4) is 5.75 Å². The topological polar surface area (TPSA) is 140 Å². The summed E-state index contributed by atoms with van der Waals surface area (Å²) in [6.07, 6.45) is 1.77. The fourth-order valence-electron chi connectivity index (χ4n) is 4.82. The molecule has 0 saturated heterocycles. The summed E-state index contributed by atoms with van der Waals surface area (Å²) in [5.74, 6) is -0.826. The third kappa shape index (κ3) is 8.46. The molecule has 1 heterocycles. The van der Waals surface area contributed by atoms with Gasteiger partial charge in [0.2, 0.25) is 0 Å². The second-order valence-corrected chi connectivity index (χ2v) is 10.5. The number of carbonyl (C=O) groups excluding carboxylic acids is 2. The number of methoxy groups -OCH3 is 2. The van der Waals surface area contributed by atoms with E-state index >= 15 is 0 Å². The first-order valence-electron chi connectivity index (χ1n) is 12.8. The van der Waals surface area contributed by atoms with Gasteiger partial charge in [0.15, 0.2) is 6.10 Å². The zero-order chi connectivity index (χ0) is 28.6. The van der Waals surface area contributed by atoms with Gasteiger partial charge in [-0.1, -0.05) is 43.7 Å². The molecule has 0 aromatic heterocycles. The van der Waals surface area contributed by atoms with Crippen LogP contribution in [0, 0.1) is 11.8 Å². The Bertz CT molecular complexity index is 1040. The quantitative estimate of drug-likeness (QED) is 0.314. The Morgan fingerprint density at radius 2 is 1.82 bits per heavy atom. The molecule has 38 heavy (non-hydrogen) atoms. The molecule has 1 aliphatic rings. The first-order chi connectivity index (χ1) is 17.9. The number of halogens is 1. The van der Waals surface area contributed by atoms with E-state index in [0.717, 1.165) is 0 Å². The van der Waals surface area contributed by atoms with Crippen LogP contribution in [0.4, 0.5) is 10.5 Å². The number of hydrogen-bond acceptors (Lipinski definition) is 7. The fraction of sp³-hybridized carbons (Fsp3) is 0.571. The van der Waals surface area contributed by atoms with Gasteiger partial charge in [-0.3, -0.25) is 4.79 Å². The van der Waals surface area contributed by atoms with Gasteiger partial charge in [-0.15, -0.1) is 0 Å². The molecule has 0 unspecified atom stereocenters. The van der Waals surface area contributed by atoms with Gasteiger partial charge in [-0.2, -0.15) is 0 Å². The van der Waals surface area contributed by atoms with Crippen LogP contribution in [0.15, 0.2) is 35.4 Å². The smallest absolute Gasteiger partial charge is 0.405 e. The van der Waals surface area contributed by atoms with Gasteiger partial charge in [0, 0.05) is 25.7 Å². The molecule has 10 heteroatoms. The lowest BCUT2D eigenvalue weighted by Gasteiger charge is -2.30. The summed E-state index contributed by atoms with van der Waals surface area (Å²) in [6.45, 7) is 7.31. The summed E-state index contributed by atoms with van der Waals surface area (Å²) >= 11 is 6.31. The third-order valence-electron chi connectivity index (χ3n) is 6.99. The van der Waals surface area contributed by atoms with Gasteiger partial charge >= 0.3 is 6.09 Å². The highest BCUT2D eigenvalue weighted by atomic mass is 35.5. The highest BCUT2D eigenvalue weighted by Gasteiger charge is 2.30. The van der Waals surface area contributed by atoms with Crippen molar-refractivity contribution in [2.24, 2.45) is 17.6 Å². The number of aliphatic hydroxyl groups is 1. The number of hydrogen-bond donors (Lipinski definition) is 4. The average molecular weight is 553 g/mol. The molecule has 1 aromatic rings. The number of allylic oxidation sites excluding steroid dienone is 1. The number of ether oxygens (including phenoxy) is 3. The van der Waals surface area contributed by atoms with Gasteiger partial charge < -0.3 is 35.5 Å². The molecule has 212 valence electrons. The molecule has 6 atom stereocenters. The van der Waals surface area contributed by atoms with E-state index in [1.54, 1.807) is 39.2 Å². The summed E-state index contributed by atoms with van der Waals surface area (Å²) < 4.78 is 16.7. The van der Waals surface area contributed by atoms with Crippen LogP contribution in [0.3, 0.4) is 0 Å².